The number of piperazine rings is 1. The van der Waals surface area contributed by atoms with E-state index < -0.39 is 0 Å². The molecule has 0 spiro atoms. The highest BCUT2D eigenvalue weighted by Gasteiger charge is 2.17. The molecule has 1 aromatic heterocycles. The number of pyridine rings is 1. The maximum absolute atomic E-state index is 13.1. The lowest BCUT2D eigenvalue weighted by molar-refractivity contribution is 0.250. The average Bonchev–Trinajstić information content (AvgIpc) is 2.63. The highest BCUT2D eigenvalue weighted by atomic mass is 19.1. The number of H-pyrrole nitrogens is 1. The van der Waals surface area contributed by atoms with Gasteiger partial charge >= 0.3 is 0 Å². The third-order valence-electron chi connectivity index (χ3n) is 5.00. The number of aromatic amines is 1. The molecule has 1 aliphatic heterocycles. The van der Waals surface area contributed by atoms with Gasteiger partial charge in [0.1, 0.15) is 5.82 Å². The molecule has 1 fully saturated rings. The predicted molar refractivity (Wildman–Crippen MR) is 103 cm³/mol. The van der Waals surface area contributed by atoms with Crippen molar-refractivity contribution in [3.8, 4) is 0 Å². The molecule has 4 nitrogen and oxygen atoms in total. The number of halogens is 1. The highest BCUT2D eigenvalue weighted by Crippen LogP contribution is 2.19. The van der Waals surface area contributed by atoms with E-state index in [1.54, 1.807) is 6.07 Å². The minimum Gasteiger partial charge on any atom is -0.369 e. The Bertz CT molecular complexity index is 973. The molecule has 1 saturated heterocycles. The van der Waals surface area contributed by atoms with Crippen LogP contribution in [0.15, 0.2) is 53.3 Å². The molecule has 0 unspecified atom stereocenters. The first-order valence-corrected chi connectivity index (χ1v) is 8.94. The number of nitrogens with zero attached hydrogens (tertiary/aromatic N) is 2. The summed E-state index contributed by atoms with van der Waals surface area (Å²) in [6.07, 6.45) is 0. The van der Waals surface area contributed by atoms with Crippen LogP contribution in [-0.2, 0) is 6.54 Å². The largest absolute Gasteiger partial charge is 0.369 e. The van der Waals surface area contributed by atoms with Gasteiger partial charge in [0.25, 0.3) is 0 Å². The first-order valence-electron chi connectivity index (χ1n) is 8.94. The summed E-state index contributed by atoms with van der Waals surface area (Å²) in [5.41, 5.74) is 4.12. The quantitative estimate of drug-likeness (QED) is 0.787. The Balaban J connectivity index is 1.43. The fraction of sp³-hybridized carbons (Fsp3) is 0.286. The lowest BCUT2D eigenvalue weighted by atomic mass is 10.1. The number of nitrogens with one attached hydrogen (secondary N) is 1. The molecule has 1 N–H and O–H groups in total. The zero-order chi connectivity index (χ0) is 18.1. The van der Waals surface area contributed by atoms with E-state index in [1.165, 1.54) is 17.7 Å². The summed E-state index contributed by atoms with van der Waals surface area (Å²) in [5, 5.41) is 0.737. The number of hydrogen-bond donors (Lipinski definition) is 1. The number of fused-ring (bicyclic) bond motifs is 1. The lowest BCUT2D eigenvalue weighted by Crippen LogP contribution is -2.45. The van der Waals surface area contributed by atoms with Gasteiger partial charge in [-0.3, -0.25) is 9.69 Å². The van der Waals surface area contributed by atoms with Crippen molar-refractivity contribution in [3.05, 3.63) is 75.8 Å². The second kappa shape index (κ2) is 6.92. The Morgan fingerprint density at radius 2 is 1.73 bits per heavy atom. The summed E-state index contributed by atoms with van der Waals surface area (Å²) in [6.45, 7) is 6.54. The molecule has 5 heteroatoms. The monoisotopic (exact) mass is 351 g/mol. The summed E-state index contributed by atoms with van der Waals surface area (Å²) in [5.74, 6) is -0.197. The molecule has 0 aliphatic carbocycles. The van der Waals surface area contributed by atoms with Gasteiger partial charge in [-0.15, -0.1) is 0 Å². The van der Waals surface area contributed by atoms with Crippen LogP contribution in [0.25, 0.3) is 10.9 Å². The summed E-state index contributed by atoms with van der Waals surface area (Å²) < 4.78 is 13.1. The Morgan fingerprint density at radius 1 is 1.00 bits per heavy atom. The van der Waals surface area contributed by atoms with Crippen LogP contribution in [0.5, 0.6) is 0 Å². The summed E-state index contributed by atoms with van der Waals surface area (Å²) >= 11 is 0. The molecule has 26 heavy (non-hydrogen) atoms. The van der Waals surface area contributed by atoms with Gasteiger partial charge in [0.15, 0.2) is 5.43 Å². The average molecular weight is 351 g/mol. The fourth-order valence-corrected chi connectivity index (χ4v) is 3.61. The SMILES string of the molecule is Cc1cc(=O)c2ccc(CN3CCN(c4ccc(F)cc4)CC3)cc2[nH]1. The van der Waals surface area contributed by atoms with Gasteiger partial charge < -0.3 is 9.88 Å². The Labute approximate surface area is 151 Å². The highest BCUT2D eigenvalue weighted by molar-refractivity contribution is 5.79. The minimum atomic E-state index is -0.197. The first kappa shape index (κ1) is 16.8. The molecule has 2 aromatic carbocycles. The second-order valence-corrected chi connectivity index (χ2v) is 6.94. The smallest absolute Gasteiger partial charge is 0.189 e. The normalized spacial score (nSPS) is 15.5. The van der Waals surface area contributed by atoms with E-state index in [-0.39, 0.29) is 11.2 Å². The maximum atomic E-state index is 13.1. The van der Waals surface area contributed by atoms with E-state index in [0.717, 1.165) is 55.0 Å². The van der Waals surface area contributed by atoms with Crippen molar-refractivity contribution in [2.45, 2.75) is 13.5 Å². The van der Waals surface area contributed by atoms with Gasteiger partial charge in [-0.2, -0.15) is 0 Å². The van der Waals surface area contributed by atoms with Crippen LogP contribution < -0.4 is 10.3 Å². The Kier molecular flexibility index (Phi) is 4.47. The van der Waals surface area contributed by atoms with Crippen molar-refractivity contribution in [1.29, 1.82) is 0 Å². The van der Waals surface area contributed by atoms with Gasteiger partial charge in [-0.25, -0.2) is 4.39 Å². The van der Waals surface area contributed by atoms with E-state index in [0.29, 0.717) is 0 Å². The zero-order valence-electron chi connectivity index (χ0n) is 14.8. The van der Waals surface area contributed by atoms with Gasteiger partial charge in [0, 0.05) is 61.1 Å². The molecule has 0 saturated carbocycles. The summed E-state index contributed by atoms with van der Waals surface area (Å²) in [7, 11) is 0. The van der Waals surface area contributed by atoms with E-state index in [4.69, 9.17) is 0 Å². The van der Waals surface area contributed by atoms with Crippen LogP contribution in [0.1, 0.15) is 11.3 Å². The van der Waals surface area contributed by atoms with E-state index in [2.05, 4.69) is 20.9 Å². The van der Waals surface area contributed by atoms with Crippen LogP contribution in [-0.4, -0.2) is 36.1 Å². The molecule has 0 bridgehead atoms. The molecule has 4 rings (SSSR count). The topological polar surface area (TPSA) is 39.3 Å². The molecule has 3 aromatic rings. The number of aryl methyl sites for hydroxylation is 1. The Hall–Kier alpha value is -2.66. The van der Waals surface area contributed by atoms with Gasteiger partial charge in [0.05, 0.1) is 0 Å². The van der Waals surface area contributed by atoms with Gasteiger partial charge in [-0.1, -0.05) is 6.07 Å². The van der Waals surface area contributed by atoms with Crippen LogP contribution in [0.4, 0.5) is 10.1 Å². The summed E-state index contributed by atoms with van der Waals surface area (Å²) in [4.78, 5) is 20.0. The Morgan fingerprint density at radius 3 is 2.46 bits per heavy atom. The van der Waals surface area contributed by atoms with Crippen LogP contribution in [0, 0.1) is 12.7 Å². The number of rotatable bonds is 3. The molecular weight excluding hydrogens is 329 g/mol. The molecular formula is C21H22FN3O. The molecule has 2 heterocycles. The first-order chi connectivity index (χ1) is 12.6. The molecule has 0 radical (unpaired) electrons. The van der Waals surface area contributed by atoms with Crippen molar-refractivity contribution in [2.24, 2.45) is 0 Å². The number of benzene rings is 2. The third-order valence-corrected chi connectivity index (χ3v) is 5.00. The van der Waals surface area contributed by atoms with Gasteiger partial charge in [0.2, 0.25) is 0 Å². The van der Waals surface area contributed by atoms with Crippen LogP contribution in [0.2, 0.25) is 0 Å². The number of aromatic nitrogens is 1. The van der Waals surface area contributed by atoms with Crippen LogP contribution in [0.3, 0.4) is 0 Å². The van der Waals surface area contributed by atoms with Crippen molar-refractivity contribution >= 4 is 16.6 Å². The number of hydrogen-bond acceptors (Lipinski definition) is 3. The summed E-state index contributed by atoms with van der Waals surface area (Å²) in [6, 6.07) is 14.4. The third kappa shape index (κ3) is 3.48. The molecule has 134 valence electrons. The van der Waals surface area contributed by atoms with Gasteiger partial charge in [-0.05, 0) is 48.9 Å². The zero-order valence-corrected chi connectivity index (χ0v) is 14.8. The molecule has 1 aliphatic rings. The van der Waals surface area contributed by atoms with E-state index in [9.17, 15) is 9.18 Å². The number of anilines is 1. The predicted octanol–water partition coefficient (Wildman–Crippen LogP) is 3.30. The van der Waals surface area contributed by atoms with E-state index in [1.807, 2.05) is 31.2 Å². The molecule has 0 atom stereocenters. The van der Waals surface area contributed by atoms with Crippen molar-refractivity contribution in [3.63, 3.8) is 0 Å². The molecule has 0 amide bonds. The standard InChI is InChI=1S/C21H22FN3O/c1-15-12-21(26)19-7-2-16(13-20(19)23-15)14-24-8-10-25(11-9-24)18-5-3-17(22)4-6-18/h2-7,12-13H,8-11,14H2,1H3,(H,23,26). The fourth-order valence-electron chi connectivity index (χ4n) is 3.61. The maximum Gasteiger partial charge on any atom is 0.189 e. The van der Waals surface area contributed by atoms with Crippen molar-refractivity contribution in [2.75, 3.05) is 31.1 Å². The lowest BCUT2D eigenvalue weighted by Gasteiger charge is -2.36. The second-order valence-electron chi connectivity index (χ2n) is 6.94. The van der Waals surface area contributed by atoms with E-state index >= 15 is 0 Å². The van der Waals surface area contributed by atoms with Crippen molar-refractivity contribution < 1.29 is 4.39 Å². The van der Waals surface area contributed by atoms with Crippen molar-refractivity contribution in [1.82, 2.24) is 9.88 Å². The minimum absolute atomic E-state index is 0.0655. The van der Waals surface area contributed by atoms with Crippen LogP contribution >= 0.6 is 0 Å².